The molecule has 1 aromatic heterocycles. The first-order valence-corrected chi connectivity index (χ1v) is 8.42. The van der Waals surface area contributed by atoms with Crippen molar-refractivity contribution in [2.45, 2.75) is 20.0 Å². The quantitative estimate of drug-likeness (QED) is 0.810. The second-order valence-corrected chi connectivity index (χ2v) is 6.13. The summed E-state index contributed by atoms with van der Waals surface area (Å²) in [6, 6.07) is 10.4. The van der Waals surface area contributed by atoms with Crippen LogP contribution in [-0.4, -0.2) is 28.3 Å². The van der Waals surface area contributed by atoms with Crippen LogP contribution in [0.2, 0.25) is 0 Å². The van der Waals surface area contributed by atoms with Crippen molar-refractivity contribution in [1.82, 2.24) is 15.1 Å². The molecule has 0 fully saturated rings. The van der Waals surface area contributed by atoms with Crippen molar-refractivity contribution >= 4 is 11.8 Å². The van der Waals surface area contributed by atoms with Crippen LogP contribution in [0.15, 0.2) is 42.7 Å². The first kappa shape index (κ1) is 15.1. The molecule has 1 heterocycles. The molecule has 4 heteroatoms. The molecule has 0 aliphatic heterocycles. The Morgan fingerprint density at radius 1 is 1.25 bits per heavy atom. The van der Waals surface area contributed by atoms with Crippen molar-refractivity contribution in [3.8, 4) is 0 Å². The molecule has 0 saturated carbocycles. The molecule has 1 N–H and O–H groups in total. The summed E-state index contributed by atoms with van der Waals surface area (Å²) in [5.41, 5.74) is 2.53. The Morgan fingerprint density at radius 2 is 2.05 bits per heavy atom. The Labute approximate surface area is 125 Å². The van der Waals surface area contributed by atoms with Crippen LogP contribution in [0.4, 0.5) is 0 Å². The SMILES string of the molecule is CSCC(C)CNCc1cnn(Cc2ccccc2)c1. The van der Waals surface area contributed by atoms with Crippen molar-refractivity contribution in [1.29, 1.82) is 0 Å². The predicted molar refractivity (Wildman–Crippen MR) is 87.0 cm³/mol. The molecule has 108 valence electrons. The topological polar surface area (TPSA) is 29.9 Å². The highest BCUT2D eigenvalue weighted by molar-refractivity contribution is 7.98. The molecule has 1 atom stereocenters. The second-order valence-electron chi connectivity index (χ2n) is 5.22. The number of nitrogens with one attached hydrogen (secondary N) is 1. The van der Waals surface area contributed by atoms with E-state index < -0.39 is 0 Å². The van der Waals surface area contributed by atoms with E-state index in [0.717, 1.165) is 19.6 Å². The highest BCUT2D eigenvalue weighted by Crippen LogP contribution is 2.05. The summed E-state index contributed by atoms with van der Waals surface area (Å²) in [7, 11) is 0. The minimum Gasteiger partial charge on any atom is -0.312 e. The first-order valence-electron chi connectivity index (χ1n) is 7.03. The van der Waals surface area contributed by atoms with Gasteiger partial charge in [-0.25, -0.2) is 0 Å². The maximum atomic E-state index is 4.42. The number of hydrogen-bond donors (Lipinski definition) is 1. The average Bonchev–Trinajstić information content (AvgIpc) is 2.88. The monoisotopic (exact) mass is 289 g/mol. The van der Waals surface area contributed by atoms with E-state index in [1.54, 1.807) is 0 Å². The molecule has 2 aromatic rings. The van der Waals surface area contributed by atoms with Gasteiger partial charge in [0.2, 0.25) is 0 Å². The van der Waals surface area contributed by atoms with Crippen LogP contribution in [0, 0.1) is 5.92 Å². The molecule has 1 aromatic carbocycles. The highest BCUT2D eigenvalue weighted by Gasteiger charge is 2.02. The van der Waals surface area contributed by atoms with Crippen LogP contribution >= 0.6 is 11.8 Å². The second kappa shape index (κ2) is 8.12. The zero-order chi connectivity index (χ0) is 14.2. The Hall–Kier alpha value is -1.26. The lowest BCUT2D eigenvalue weighted by Gasteiger charge is -2.10. The molecule has 0 aliphatic rings. The van der Waals surface area contributed by atoms with Crippen LogP contribution in [0.1, 0.15) is 18.1 Å². The molecule has 0 spiro atoms. The smallest absolute Gasteiger partial charge is 0.0659 e. The maximum absolute atomic E-state index is 4.42. The Balaban J connectivity index is 1.78. The van der Waals surface area contributed by atoms with Gasteiger partial charge < -0.3 is 5.32 Å². The Kier molecular flexibility index (Phi) is 6.15. The van der Waals surface area contributed by atoms with Gasteiger partial charge in [-0.05, 0) is 30.0 Å². The van der Waals surface area contributed by atoms with E-state index in [1.807, 2.05) is 28.7 Å². The fourth-order valence-corrected chi connectivity index (χ4v) is 2.85. The van der Waals surface area contributed by atoms with Crippen molar-refractivity contribution in [2.75, 3.05) is 18.6 Å². The number of benzene rings is 1. The molecule has 0 aliphatic carbocycles. The Morgan fingerprint density at radius 3 is 2.80 bits per heavy atom. The largest absolute Gasteiger partial charge is 0.312 e. The van der Waals surface area contributed by atoms with Crippen LogP contribution in [0.5, 0.6) is 0 Å². The van der Waals surface area contributed by atoms with Crippen molar-refractivity contribution in [3.05, 3.63) is 53.9 Å². The Bertz CT molecular complexity index is 495. The lowest BCUT2D eigenvalue weighted by Crippen LogP contribution is -2.21. The normalized spacial score (nSPS) is 12.5. The third-order valence-corrected chi connectivity index (χ3v) is 4.05. The van der Waals surface area contributed by atoms with Crippen molar-refractivity contribution in [2.24, 2.45) is 5.92 Å². The minimum atomic E-state index is 0.712. The molecule has 20 heavy (non-hydrogen) atoms. The van der Waals surface area contributed by atoms with E-state index in [0.29, 0.717) is 5.92 Å². The average molecular weight is 289 g/mol. The van der Waals surface area contributed by atoms with E-state index in [4.69, 9.17) is 0 Å². The molecular weight excluding hydrogens is 266 g/mol. The van der Waals surface area contributed by atoms with Gasteiger partial charge in [-0.15, -0.1) is 0 Å². The van der Waals surface area contributed by atoms with Gasteiger partial charge in [0.1, 0.15) is 0 Å². The van der Waals surface area contributed by atoms with E-state index in [2.05, 4.69) is 54.1 Å². The highest BCUT2D eigenvalue weighted by atomic mass is 32.2. The van der Waals surface area contributed by atoms with E-state index >= 15 is 0 Å². The standard InChI is InChI=1S/C16H23N3S/c1-14(13-20-2)8-17-9-16-10-18-19(12-16)11-15-6-4-3-5-7-15/h3-7,10,12,14,17H,8-9,11,13H2,1-2H3. The van der Waals surface area contributed by atoms with Gasteiger partial charge in [0.05, 0.1) is 12.7 Å². The van der Waals surface area contributed by atoms with Gasteiger partial charge >= 0.3 is 0 Å². The summed E-state index contributed by atoms with van der Waals surface area (Å²) in [5, 5.41) is 7.91. The summed E-state index contributed by atoms with van der Waals surface area (Å²) in [6.45, 7) is 5.07. The number of nitrogens with zero attached hydrogens (tertiary/aromatic N) is 2. The maximum Gasteiger partial charge on any atom is 0.0659 e. The van der Waals surface area contributed by atoms with Crippen LogP contribution < -0.4 is 5.32 Å². The summed E-state index contributed by atoms with van der Waals surface area (Å²) in [5.74, 6) is 1.92. The van der Waals surface area contributed by atoms with Crippen molar-refractivity contribution in [3.63, 3.8) is 0 Å². The van der Waals surface area contributed by atoms with Gasteiger partial charge in [0, 0.05) is 18.3 Å². The number of hydrogen-bond acceptors (Lipinski definition) is 3. The molecule has 0 radical (unpaired) electrons. The van der Waals surface area contributed by atoms with Gasteiger partial charge in [0.25, 0.3) is 0 Å². The van der Waals surface area contributed by atoms with Crippen molar-refractivity contribution < 1.29 is 0 Å². The van der Waals surface area contributed by atoms with E-state index in [1.165, 1.54) is 16.9 Å². The molecule has 3 nitrogen and oxygen atoms in total. The molecule has 0 bridgehead atoms. The number of aromatic nitrogens is 2. The minimum absolute atomic E-state index is 0.712. The zero-order valence-electron chi connectivity index (χ0n) is 12.2. The number of rotatable bonds is 8. The molecule has 0 amide bonds. The van der Waals surface area contributed by atoms with Crippen LogP contribution in [0.25, 0.3) is 0 Å². The van der Waals surface area contributed by atoms with Gasteiger partial charge in [-0.3, -0.25) is 4.68 Å². The van der Waals surface area contributed by atoms with Crippen LogP contribution in [0.3, 0.4) is 0 Å². The van der Waals surface area contributed by atoms with E-state index in [-0.39, 0.29) is 0 Å². The molecule has 0 saturated heterocycles. The molecule has 2 rings (SSSR count). The third kappa shape index (κ3) is 5.02. The number of thioether (sulfide) groups is 1. The first-order chi connectivity index (χ1) is 9.78. The predicted octanol–water partition coefficient (Wildman–Crippen LogP) is 3.02. The summed E-state index contributed by atoms with van der Waals surface area (Å²) in [4.78, 5) is 0. The fourth-order valence-electron chi connectivity index (χ4n) is 2.16. The summed E-state index contributed by atoms with van der Waals surface area (Å²) in [6.07, 6.45) is 6.23. The lowest BCUT2D eigenvalue weighted by atomic mass is 10.2. The van der Waals surface area contributed by atoms with Gasteiger partial charge in [-0.2, -0.15) is 16.9 Å². The molecular formula is C16H23N3S. The summed E-state index contributed by atoms with van der Waals surface area (Å²) >= 11 is 1.90. The van der Waals surface area contributed by atoms with Crippen LogP contribution in [-0.2, 0) is 13.1 Å². The lowest BCUT2D eigenvalue weighted by molar-refractivity contribution is 0.559. The van der Waals surface area contributed by atoms with Gasteiger partial charge in [0.15, 0.2) is 0 Å². The third-order valence-electron chi connectivity index (χ3n) is 3.15. The summed E-state index contributed by atoms with van der Waals surface area (Å²) < 4.78 is 2.00. The van der Waals surface area contributed by atoms with E-state index in [9.17, 15) is 0 Å². The zero-order valence-corrected chi connectivity index (χ0v) is 13.1. The fraction of sp³-hybridized carbons (Fsp3) is 0.438. The van der Waals surface area contributed by atoms with Gasteiger partial charge in [-0.1, -0.05) is 37.3 Å². The molecule has 1 unspecified atom stereocenters.